The molecular weight excluding hydrogens is 232 g/mol. The van der Waals surface area contributed by atoms with Crippen molar-refractivity contribution in [2.45, 2.75) is 19.8 Å². The van der Waals surface area contributed by atoms with Gasteiger partial charge in [0, 0.05) is 5.69 Å². The maximum absolute atomic E-state index is 11.8. The molecule has 0 heterocycles. The fourth-order valence-corrected chi connectivity index (χ4v) is 1.38. The Morgan fingerprint density at radius 2 is 2.00 bits per heavy atom. The van der Waals surface area contributed by atoms with E-state index >= 15 is 0 Å². The van der Waals surface area contributed by atoms with Crippen molar-refractivity contribution < 1.29 is 14.3 Å². The first-order valence-electron chi connectivity index (χ1n) is 5.73. The number of rotatable bonds is 5. The molecule has 0 saturated carbocycles. The Bertz CT molecular complexity index is 446. The summed E-state index contributed by atoms with van der Waals surface area (Å²) in [4.78, 5) is 22.6. The van der Waals surface area contributed by atoms with E-state index in [1.165, 1.54) is 0 Å². The first-order chi connectivity index (χ1) is 8.41. The molecule has 1 aromatic rings. The van der Waals surface area contributed by atoms with E-state index in [1.807, 2.05) is 0 Å². The van der Waals surface area contributed by atoms with Crippen LogP contribution in [0.4, 0.5) is 5.69 Å². The minimum atomic E-state index is -0.487. The predicted molar refractivity (Wildman–Crippen MR) is 68.6 cm³/mol. The molecule has 4 N–H and O–H groups in total. The zero-order valence-electron chi connectivity index (χ0n) is 10.6. The van der Waals surface area contributed by atoms with Crippen LogP contribution in [0.25, 0.3) is 0 Å². The smallest absolute Gasteiger partial charge is 0.313 e. The Labute approximate surface area is 106 Å². The van der Waals surface area contributed by atoms with Crippen LogP contribution in [-0.2, 0) is 14.3 Å². The van der Waals surface area contributed by atoms with Gasteiger partial charge in [0.25, 0.3) is 0 Å². The van der Waals surface area contributed by atoms with Crippen LogP contribution in [0.1, 0.15) is 25.3 Å². The number of esters is 1. The summed E-state index contributed by atoms with van der Waals surface area (Å²) in [6.07, 6.45) is 0. The average molecular weight is 250 g/mol. The van der Waals surface area contributed by atoms with Crippen LogP contribution >= 0.6 is 0 Å². The van der Waals surface area contributed by atoms with E-state index in [1.54, 1.807) is 38.1 Å². The number of carbonyl (C=O) groups excluding carboxylic acids is 2. The number of benzene rings is 1. The number of primary amides is 1. The first kappa shape index (κ1) is 14.0. The molecule has 2 unspecified atom stereocenters. The van der Waals surface area contributed by atoms with Gasteiger partial charge >= 0.3 is 5.97 Å². The minimum absolute atomic E-state index is 0.000816. The summed E-state index contributed by atoms with van der Waals surface area (Å²) in [6, 6.07) is 7.06. The van der Waals surface area contributed by atoms with Crippen molar-refractivity contribution in [3.8, 4) is 0 Å². The molecule has 0 spiro atoms. The summed E-state index contributed by atoms with van der Waals surface area (Å²) >= 11 is 0. The van der Waals surface area contributed by atoms with Gasteiger partial charge in [0.05, 0.1) is 11.8 Å². The second-order valence-electron chi connectivity index (χ2n) is 4.33. The quantitative estimate of drug-likeness (QED) is 0.602. The number of nitrogen functional groups attached to an aromatic ring is 1. The molecule has 0 bridgehead atoms. The Balaban J connectivity index is 2.59. The molecular formula is C13H18N2O3. The lowest BCUT2D eigenvalue weighted by Gasteiger charge is -2.14. The van der Waals surface area contributed by atoms with Crippen molar-refractivity contribution in [2.75, 3.05) is 12.3 Å². The van der Waals surface area contributed by atoms with Gasteiger partial charge in [-0.2, -0.15) is 0 Å². The van der Waals surface area contributed by atoms with E-state index in [-0.39, 0.29) is 6.61 Å². The highest BCUT2D eigenvalue weighted by Gasteiger charge is 2.19. The Morgan fingerprint density at radius 1 is 1.33 bits per heavy atom. The second-order valence-corrected chi connectivity index (χ2v) is 4.33. The summed E-state index contributed by atoms with van der Waals surface area (Å²) in [5.41, 5.74) is 12.1. The summed E-state index contributed by atoms with van der Waals surface area (Å²) < 4.78 is 5.04. The van der Waals surface area contributed by atoms with E-state index in [2.05, 4.69) is 0 Å². The zero-order valence-corrected chi connectivity index (χ0v) is 10.6. The number of carbonyl (C=O) groups is 2. The Kier molecular flexibility index (Phi) is 4.71. The average Bonchev–Trinajstić information content (AvgIpc) is 2.34. The van der Waals surface area contributed by atoms with Gasteiger partial charge in [0.2, 0.25) is 5.91 Å². The number of nitrogens with two attached hydrogens (primary N) is 2. The molecule has 1 aromatic carbocycles. The van der Waals surface area contributed by atoms with E-state index in [0.717, 1.165) is 5.56 Å². The highest BCUT2D eigenvalue weighted by molar-refractivity contribution is 5.79. The summed E-state index contributed by atoms with van der Waals surface area (Å²) in [5, 5.41) is 0. The standard InChI is InChI=1S/C13H18N2O3/c1-8(12(15)16)7-18-13(17)9(2)10-4-3-5-11(14)6-10/h3-6,8-9H,7,14H2,1-2H3,(H2,15,16). The molecule has 1 amide bonds. The van der Waals surface area contributed by atoms with Gasteiger partial charge in [-0.1, -0.05) is 19.1 Å². The van der Waals surface area contributed by atoms with Gasteiger partial charge in [0.15, 0.2) is 0 Å². The summed E-state index contributed by atoms with van der Waals surface area (Å²) in [6.45, 7) is 3.34. The van der Waals surface area contributed by atoms with Gasteiger partial charge in [-0.3, -0.25) is 9.59 Å². The third kappa shape index (κ3) is 3.76. The molecule has 2 atom stereocenters. The number of hydrogen-bond donors (Lipinski definition) is 2. The lowest BCUT2D eigenvalue weighted by atomic mass is 10.0. The summed E-state index contributed by atoms with van der Waals surface area (Å²) in [5.74, 6) is -1.79. The zero-order chi connectivity index (χ0) is 13.7. The largest absolute Gasteiger partial charge is 0.464 e. The normalized spacial score (nSPS) is 13.7. The van der Waals surface area contributed by atoms with Crippen molar-refractivity contribution in [2.24, 2.45) is 11.7 Å². The molecule has 0 aromatic heterocycles. The predicted octanol–water partition coefficient (Wildman–Crippen LogP) is 1.04. The number of amides is 1. The van der Waals surface area contributed by atoms with Crippen molar-refractivity contribution in [1.82, 2.24) is 0 Å². The van der Waals surface area contributed by atoms with Crippen LogP contribution in [0.2, 0.25) is 0 Å². The fraction of sp³-hybridized carbons (Fsp3) is 0.385. The van der Waals surface area contributed by atoms with Crippen LogP contribution in [0, 0.1) is 5.92 Å². The van der Waals surface area contributed by atoms with Crippen molar-refractivity contribution >= 4 is 17.6 Å². The van der Waals surface area contributed by atoms with Crippen molar-refractivity contribution in [3.05, 3.63) is 29.8 Å². The summed E-state index contributed by atoms with van der Waals surface area (Å²) in [7, 11) is 0. The molecule has 0 aliphatic carbocycles. The number of anilines is 1. The molecule has 0 aliphatic heterocycles. The number of ether oxygens (including phenoxy) is 1. The van der Waals surface area contributed by atoms with Crippen LogP contribution in [-0.4, -0.2) is 18.5 Å². The first-order valence-corrected chi connectivity index (χ1v) is 5.73. The lowest BCUT2D eigenvalue weighted by Crippen LogP contribution is -2.27. The van der Waals surface area contributed by atoms with Crippen LogP contribution < -0.4 is 11.5 Å². The molecule has 0 radical (unpaired) electrons. The maximum Gasteiger partial charge on any atom is 0.313 e. The Morgan fingerprint density at radius 3 is 2.56 bits per heavy atom. The monoisotopic (exact) mass is 250 g/mol. The third-order valence-corrected chi connectivity index (χ3v) is 2.73. The third-order valence-electron chi connectivity index (χ3n) is 2.73. The van der Waals surface area contributed by atoms with Crippen LogP contribution in [0.3, 0.4) is 0 Å². The van der Waals surface area contributed by atoms with Crippen molar-refractivity contribution in [1.29, 1.82) is 0 Å². The lowest BCUT2D eigenvalue weighted by molar-refractivity contribution is -0.147. The van der Waals surface area contributed by atoms with E-state index in [9.17, 15) is 9.59 Å². The molecule has 1 rings (SSSR count). The van der Waals surface area contributed by atoms with Crippen molar-refractivity contribution in [3.63, 3.8) is 0 Å². The maximum atomic E-state index is 11.8. The van der Waals surface area contributed by atoms with Gasteiger partial charge < -0.3 is 16.2 Å². The Hall–Kier alpha value is -2.04. The minimum Gasteiger partial charge on any atom is -0.464 e. The van der Waals surface area contributed by atoms with Gasteiger partial charge in [-0.25, -0.2) is 0 Å². The fourth-order valence-electron chi connectivity index (χ4n) is 1.38. The number of hydrogen-bond acceptors (Lipinski definition) is 4. The SMILES string of the molecule is CC(COC(=O)C(C)c1cccc(N)c1)C(N)=O. The molecule has 18 heavy (non-hydrogen) atoms. The van der Waals surface area contributed by atoms with E-state index in [4.69, 9.17) is 16.2 Å². The highest BCUT2D eigenvalue weighted by Crippen LogP contribution is 2.19. The van der Waals surface area contributed by atoms with Crippen LogP contribution in [0.5, 0.6) is 0 Å². The molecule has 5 nitrogen and oxygen atoms in total. The van der Waals surface area contributed by atoms with E-state index < -0.39 is 23.7 Å². The molecule has 0 fully saturated rings. The molecule has 98 valence electrons. The van der Waals surface area contributed by atoms with E-state index in [0.29, 0.717) is 5.69 Å². The molecule has 0 saturated heterocycles. The molecule has 0 aliphatic rings. The van der Waals surface area contributed by atoms with Gasteiger partial charge in [0.1, 0.15) is 6.61 Å². The van der Waals surface area contributed by atoms with Gasteiger partial charge in [-0.15, -0.1) is 0 Å². The van der Waals surface area contributed by atoms with Crippen LogP contribution in [0.15, 0.2) is 24.3 Å². The highest BCUT2D eigenvalue weighted by atomic mass is 16.5. The second kappa shape index (κ2) is 6.05. The topological polar surface area (TPSA) is 95.4 Å². The van der Waals surface area contributed by atoms with Gasteiger partial charge in [-0.05, 0) is 24.6 Å². The molecule has 5 heteroatoms.